The zero-order valence-corrected chi connectivity index (χ0v) is 32.5. The number of benzene rings is 4. The van der Waals surface area contributed by atoms with Gasteiger partial charge in [0, 0.05) is 32.0 Å². The van der Waals surface area contributed by atoms with Gasteiger partial charge in [-0.25, -0.2) is 4.39 Å². The average molecular weight is 780 g/mol. The minimum Gasteiger partial charge on any atom is -0.493 e. The van der Waals surface area contributed by atoms with Crippen molar-refractivity contribution in [3.05, 3.63) is 131 Å². The summed E-state index contributed by atoms with van der Waals surface area (Å²) in [6, 6.07) is 27.2. The van der Waals surface area contributed by atoms with Crippen molar-refractivity contribution in [3.8, 4) is 11.5 Å². The van der Waals surface area contributed by atoms with Crippen LogP contribution in [0.25, 0.3) is 0 Å². The standard InChI is InChI=1S/C44H50FN5O7/c1-44(2,31-18-20-32(45)21-19-31)29-47-42(54)36-22-23-39(51)48-33(26-30-12-5-4-6-13-30)28-57-38-17-10-8-15-35(38)43(55)50(3)27-40(52)46-24-11-25-56-37-16-9-7-14-34(37)41(53)49-36/h4-10,12-21,33,36H,11,22-29H2,1-3H3,(H,46,52)(H,47,54)(H,48,51)(H,49,53)/t33-,36-/m0/s1. The summed E-state index contributed by atoms with van der Waals surface area (Å²) in [6.45, 7) is 4.22. The van der Waals surface area contributed by atoms with Crippen LogP contribution < -0.4 is 30.7 Å². The summed E-state index contributed by atoms with van der Waals surface area (Å²) in [6.07, 6.45) is 0.651. The Morgan fingerprint density at radius 1 is 0.825 bits per heavy atom. The molecule has 300 valence electrons. The van der Waals surface area contributed by atoms with Gasteiger partial charge in [-0.3, -0.25) is 24.0 Å². The first-order chi connectivity index (χ1) is 27.4. The van der Waals surface area contributed by atoms with Gasteiger partial charge in [-0.15, -0.1) is 0 Å². The van der Waals surface area contributed by atoms with Crippen LogP contribution in [0, 0.1) is 5.82 Å². The van der Waals surface area contributed by atoms with E-state index in [0.717, 1.165) is 11.1 Å². The highest BCUT2D eigenvalue weighted by Gasteiger charge is 2.28. The molecule has 1 aliphatic rings. The third-order valence-corrected chi connectivity index (χ3v) is 9.62. The second-order valence-electron chi connectivity index (χ2n) is 14.6. The van der Waals surface area contributed by atoms with Crippen LogP contribution in [-0.4, -0.2) is 86.4 Å². The van der Waals surface area contributed by atoms with Gasteiger partial charge in [0.25, 0.3) is 11.8 Å². The number of amides is 5. The Labute approximate surface area is 332 Å². The van der Waals surface area contributed by atoms with Crippen LogP contribution in [0.2, 0.25) is 0 Å². The summed E-state index contributed by atoms with van der Waals surface area (Å²) in [5, 5.41) is 11.6. The Bertz CT molecular complexity index is 2010. The largest absolute Gasteiger partial charge is 0.493 e. The van der Waals surface area contributed by atoms with Crippen molar-refractivity contribution in [2.75, 3.05) is 39.9 Å². The summed E-state index contributed by atoms with van der Waals surface area (Å²) < 4.78 is 25.8. The molecule has 0 saturated heterocycles. The summed E-state index contributed by atoms with van der Waals surface area (Å²) in [5.74, 6) is -2.02. The number of halogens is 1. The van der Waals surface area contributed by atoms with Crippen molar-refractivity contribution in [2.45, 2.75) is 57.0 Å². The quantitative estimate of drug-likeness (QED) is 0.224. The fourth-order valence-electron chi connectivity index (χ4n) is 6.34. The number of ether oxygens (including phenoxy) is 2. The van der Waals surface area contributed by atoms with Crippen LogP contribution in [0.3, 0.4) is 0 Å². The van der Waals surface area contributed by atoms with Crippen molar-refractivity contribution in [1.29, 1.82) is 0 Å². The van der Waals surface area contributed by atoms with E-state index in [4.69, 9.17) is 9.47 Å². The monoisotopic (exact) mass is 779 g/mol. The number of nitrogens with zero attached hydrogens (tertiary/aromatic N) is 1. The van der Waals surface area contributed by atoms with Crippen LogP contribution in [-0.2, 0) is 26.2 Å². The molecule has 4 N–H and O–H groups in total. The van der Waals surface area contributed by atoms with E-state index in [0.29, 0.717) is 18.6 Å². The summed E-state index contributed by atoms with van der Waals surface area (Å²) in [5.41, 5.74) is 1.61. The number of hydrogen-bond acceptors (Lipinski definition) is 7. The van der Waals surface area contributed by atoms with Crippen LogP contribution in [0.5, 0.6) is 11.5 Å². The fraction of sp³-hybridized carbons (Fsp3) is 0.341. The molecule has 0 bridgehead atoms. The molecule has 0 radical (unpaired) electrons. The van der Waals surface area contributed by atoms with Gasteiger partial charge < -0.3 is 35.6 Å². The number of para-hydroxylation sites is 2. The van der Waals surface area contributed by atoms with Crippen LogP contribution in [0.1, 0.15) is 65.0 Å². The van der Waals surface area contributed by atoms with Gasteiger partial charge >= 0.3 is 0 Å². The molecule has 0 aliphatic carbocycles. The van der Waals surface area contributed by atoms with Crippen molar-refractivity contribution in [3.63, 3.8) is 0 Å². The zero-order chi connectivity index (χ0) is 40.8. The SMILES string of the molecule is CN1CC(=O)NCCCOc2ccccc2C(=O)N[C@H](C(=O)NCC(C)(C)c2ccc(F)cc2)CCC(=O)N[C@@H](Cc2ccccc2)COc2ccccc2C1=O. The van der Waals surface area contributed by atoms with Gasteiger partial charge in [-0.1, -0.05) is 80.6 Å². The Morgan fingerprint density at radius 3 is 2.19 bits per heavy atom. The van der Waals surface area contributed by atoms with Gasteiger partial charge in [-0.05, 0) is 66.8 Å². The van der Waals surface area contributed by atoms with E-state index in [1.54, 1.807) is 60.7 Å². The van der Waals surface area contributed by atoms with Gasteiger partial charge in [0.1, 0.15) is 30.0 Å². The molecule has 0 saturated carbocycles. The predicted octanol–water partition coefficient (Wildman–Crippen LogP) is 4.58. The van der Waals surface area contributed by atoms with E-state index in [2.05, 4.69) is 21.3 Å². The lowest BCUT2D eigenvalue weighted by Crippen LogP contribution is -2.50. The zero-order valence-electron chi connectivity index (χ0n) is 32.5. The third-order valence-electron chi connectivity index (χ3n) is 9.62. The maximum atomic E-state index is 13.8. The molecule has 12 nitrogen and oxygen atoms in total. The number of nitrogens with one attached hydrogen (secondary N) is 4. The smallest absolute Gasteiger partial charge is 0.257 e. The van der Waals surface area contributed by atoms with E-state index >= 15 is 0 Å². The fourth-order valence-corrected chi connectivity index (χ4v) is 6.34. The minimum atomic E-state index is -1.11. The molecule has 0 aromatic heterocycles. The van der Waals surface area contributed by atoms with Crippen molar-refractivity contribution < 1.29 is 37.8 Å². The maximum absolute atomic E-state index is 13.8. The molecule has 57 heavy (non-hydrogen) atoms. The second kappa shape index (κ2) is 20.1. The molecule has 1 heterocycles. The lowest BCUT2D eigenvalue weighted by molar-refractivity contribution is -0.124. The van der Waals surface area contributed by atoms with E-state index in [-0.39, 0.29) is 80.2 Å². The van der Waals surface area contributed by atoms with Gasteiger partial charge in [0.2, 0.25) is 17.7 Å². The molecule has 13 heteroatoms. The van der Waals surface area contributed by atoms with Crippen molar-refractivity contribution in [2.24, 2.45) is 0 Å². The second-order valence-corrected chi connectivity index (χ2v) is 14.6. The van der Waals surface area contributed by atoms with Gasteiger partial charge in [-0.2, -0.15) is 0 Å². The Hall–Kier alpha value is -6.24. The number of hydrogen-bond donors (Lipinski definition) is 4. The molecular formula is C44H50FN5O7. The molecule has 5 amide bonds. The molecule has 0 unspecified atom stereocenters. The number of carbonyl (C=O) groups is 5. The number of rotatable bonds is 6. The van der Waals surface area contributed by atoms with Gasteiger partial charge in [0.15, 0.2) is 0 Å². The highest BCUT2D eigenvalue weighted by Crippen LogP contribution is 2.24. The first-order valence-electron chi connectivity index (χ1n) is 19.0. The normalized spacial score (nSPS) is 18.0. The maximum Gasteiger partial charge on any atom is 0.257 e. The molecule has 2 atom stereocenters. The Balaban J connectivity index is 1.40. The first-order valence-corrected chi connectivity index (χ1v) is 19.0. The first kappa shape index (κ1) is 41.9. The lowest BCUT2D eigenvalue weighted by atomic mass is 9.84. The summed E-state index contributed by atoms with van der Waals surface area (Å²) in [4.78, 5) is 68.9. The molecule has 5 rings (SSSR count). The Kier molecular flexibility index (Phi) is 14.8. The lowest BCUT2D eigenvalue weighted by Gasteiger charge is -2.27. The minimum absolute atomic E-state index is 0.00499. The molecular weight excluding hydrogens is 730 g/mol. The highest BCUT2D eigenvalue weighted by molar-refractivity contribution is 6.00. The van der Waals surface area contributed by atoms with Crippen molar-refractivity contribution >= 4 is 29.5 Å². The van der Waals surface area contributed by atoms with Crippen LogP contribution >= 0.6 is 0 Å². The van der Waals surface area contributed by atoms with Gasteiger partial charge in [0.05, 0.1) is 30.3 Å². The predicted molar refractivity (Wildman–Crippen MR) is 213 cm³/mol. The third kappa shape index (κ3) is 12.4. The highest BCUT2D eigenvalue weighted by atomic mass is 19.1. The number of likely N-dealkylation sites (N-methyl/N-ethyl adjacent to an activating group) is 1. The molecule has 4 aromatic carbocycles. The molecule has 4 aromatic rings. The number of carbonyl (C=O) groups excluding carboxylic acids is 5. The summed E-state index contributed by atoms with van der Waals surface area (Å²) in [7, 11) is 1.53. The Morgan fingerprint density at radius 2 is 1.47 bits per heavy atom. The molecule has 0 fully saturated rings. The van der Waals surface area contributed by atoms with E-state index < -0.39 is 35.2 Å². The topological polar surface area (TPSA) is 155 Å². The number of fused-ring (bicyclic) bond motifs is 2. The van der Waals surface area contributed by atoms with Crippen molar-refractivity contribution in [1.82, 2.24) is 26.2 Å². The summed E-state index contributed by atoms with van der Waals surface area (Å²) >= 11 is 0. The van der Waals surface area contributed by atoms with Crippen LogP contribution in [0.4, 0.5) is 4.39 Å². The van der Waals surface area contributed by atoms with E-state index in [9.17, 15) is 28.4 Å². The average Bonchev–Trinajstić information content (AvgIpc) is 3.20. The molecule has 0 spiro atoms. The van der Waals surface area contributed by atoms with Crippen LogP contribution in [0.15, 0.2) is 103 Å². The van der Waals surface area contributed by atoms with E-state index in [1.807, 2.05) is 44.2 Å². The van der Waals surface area contributed by atoms with E-state index in [1.165, 1.54) is 24.1 Å². The molecule has 1 aliphatic heterocycles.